The topological polar surface area (TPSA) is 72.0 Å². The second kappa shape index (κ2) is 18.9. The van der Waals surface area contributed by atoms with Gasteiger partial charge in [-0.05, 0) is 0 Å². The van der Waals surface area contributed by atoms with Gasteiger partial charge >= 0.3 is 45.4 Å². The van der Waals surface area contributed by atoms with Crippen LogP contribution in [0.15, 0.2) is 0 Å². The van der Waals surface area contributed by atoms with Crippen molar-refractivity contribution in [3.8, 4) is 0 Å². The summed E-state index contributed by atoms with van der Waals surface area (Å²) >= 11 is 0. The van der Waals surface area contributed by atoms with Crippen LogP contribution in [0.25, 0.3) is 0 Å². The predicted molar refractivity (Wildman–Crippen MR) is 23.7 cm³/mol. The second-order valence-electron chi connectivity index (χ2n) is 0.141. The fourth-order valence-electron chi connectivity index (χ4n) is 0. The summed E-state index contributed by atoms with van der Waals surface area (Å²) < 4.78 is 0. The van der Waals surface area contributed by atoms with Gasteiger partial charge in [0.25, 0.3) is 0 Å². The fourth-order valence-corrected chi connectivity index (χ4v) is 0. The molecular formula is H7BCaO3. The van der Waals surface area contributed by atoms with Crippen LogP contribution in [0.2, 0.25) is 0 Å². The van der Waals surface area contributed by atoms with Gasteiger partial charge < -0.3 is 15.5 Å². The molecule has 0 bridgehead atoms. The van der Waals surface area contributed by atoms with Crippen LogP contribution >= 0.6 is 0 Å². The van der Waals surface area contributed by atoms with Crippen LogP contribution in [0.3, 0.4) is 0 Å². The molecule has 0 aromatic carbocycles. The molecule has 0 aromatic heterocycles. The Kier molecular flexibility index (Phi) is 62.0. The molecule has 0 aliphatic rings. The molecule has 0 aliphatic carbocycles. The predicted octanol–water partition coefficient (Wildman–Crippen LogP) is -3.50. The quantitative estimate of drug-likeness (QED) is 0.314. The Bertz CT molecular complexity index is 6.85. The van der Waals surface area contributed by atoms with Crippen molar-refractivity contribution in [3.05, 3.63) is 0 Å². The van der Waals surface area contributed by atoms with Crippen molar-refractivity contribution in [1.29, 1.82) is 0 Å². The van der Waals surface area contributed by atoms with Gasteiger partial charge in [-0.2, -0.15) is 0 Å². The van der Waals surface area contributed by atoms with Gasteiger partial charge in [0.1, 0.15) is 0 Å². The summed E-state index contributed by atoms with van der Waals surface area (Å²) in [6.07, 6.45) is 0. The van der Waals surface area contributed by atoms with E-state index >= 15 is 0 Å². The molecule has 0 fully saturated rings. The maximum atomic E-state index is 7.12. The number of hydrogen-bond donors (Lipinski definition) is 2. The second-order valence-corrected chi connectivity index (χ2v) is 0.141. The van der Waals surface area contributed by atoms with Crippen molar-refractivity contribution in [1.82, 2.24) is 0 Å². The van der Waals surface area contributed by atoms with E-state index in [9.17, 15) is 0 Å². The van der Waals surface area contributed by atoms with Gasteiger partial charge in [0.2, 0.25) is 0 Å². The minimum absolute atomic E-state index is 0. The van der Waals surface area contributed by atoms with E-state index < -0.39 is 7.69 Å². The van der Waals surface area contributed by atoms with E-state index in [-0.39, 0.29) is 43.2 Å². The normalized spacial score (nSPS) is 2.80. The van der Waals surface area contributed by atoms with Gasteiger partial charge in [-0.25, -0.2) is 0 Å². The van der Waals surface area contributed by atoms with E-state index in [2.05, 4.69) is 0 Å². The molecule has 0 saturated heterocycles. The first-order valence-corrected chi connectivity index (χ1v) is 0.632. The van der Waals surface area contributed by atoms with Crippen LogP contribution in [-0.4, -0.2) is 60.9 Å². The Morgan fingerprint density at radius 1 is 1.20 bits per heavy atom. The van der Waals surface area contributed by atoms with E-state index in [1.165, 1.54) is 0 Å². The van der Waals surface area contributed by atoms with Crippen LogP contribution in [0.1, 0.15) is 0 Å². The Hall–Kier alpha value is 1.20. The van der Waals surface area contributed by atoms with Gasteiger partial charge in [0.05, 0.1) is 0 Å². The Labute approximate surface area is 60.6 Å². The van der Waals surface area contributed by atoms with E-state index in [1.807, 2.05) is 0 Å². The van der Waals surface area contributed by atoms with Crippen LogP contribution in [0.4, 0.5) is 0 Å². The Morgan fingerprint density at radius 3 is 1.20 bits per heavy atom. The van der Waals surface area contributed by atoms with E-state index in [0.717, 1.165) is 0 Å². The Balaban J connectivity index is -0.0000000200. The average Bonchev–Trinajstić information content (AvgIpc) is 0.918. The molecule has 0 unspecified atom stereocenters. The first-order valence-electron chi connectivity index (χ1n) is 0.632. The summed E-state index contributed by atoms with van der Waals surface area (Å²) in [7, 11) is -0.750. The van der Waals surface area contributed by atoms with E-state index in [4.69, 9.17) is 10.0 Å². The first-order chi connectivity index (χ1) is 1.41. The number of rotatable bonds is 0. The molecule has 0 amide bonds. The molecule has 0 aliphatic heterocycles. The first kappa shape index (κ1) is 16.4. The van der Waals surface area contributed by atoms with Crippen molar-refractivity contribution >= 4 is 45.4 Å². The summed E-state index contributed by atoms with van der Waals surface area (Å²) in [5.74, 6) is 0. The van der Waals surface area contributed by atoms with Crippen molar-refractivity contribution in [2.45, 2.75) is 0 Å². The van der Waals surface area contributed by atoms with Crippen molar-refractivity contribution in [2.75, 3.05) is 0 Å². The van der Waals surface area contributed by atoms with Gasteiger partial charge in [-0.15, -0.1) is 0 Å². The van der Waals surface area contributed by atoms with Gasteiger partial charge in [-0.3, -0.25) is 0 Å². The zero-order chi connectivity index (χ0) is 2.71. The van der Waals surface area contributed by atoms with Crippen LogP contribution in [0.5, 0.6) is 0 Å². The van der Waals surface area contributed by atoms with E-state index in [0.29, 0.717) is 0 Å². The third-order valence-electron chi connectivity index (χ3n) is 0. The molecule has 0 spiro atoms. The number of hydrogen-bond acceptors (Lipinski definition) is 2. The summed E-state index contributed by atoms with van der Waals surface area (Å²) in [6, 6.07) is 0. The molecular weight excluding hydrogens is 98.9 g/mol. The molecule has 0 heterocycles. The van der Waals surface area contributed by atoms with Crippen LogP contribution < -0.4 is 0 Å². The summed E-state index contributed by atoms with van der Waals surface area (Å²) in [5, 5.41) is 14.2. The molecule has 0 radical (unpaired) electrons. The summed E-state index contributed by atoms with van der Waals surface area (Å²) in [6.45, 7) is 0. The van der Waals surface area contributed by atoms with Crippen molar-refractivity contribution < 1.29 is 15.5 Å². The van der Waals surface area contributed by atoms with Crippen LogP contribution in [-0.2, 0) is 0 Å². The molecule has 4 N–H and O–H groups in total. The SMILES string of the molecule is O.OBO.[CaH2]. The zero-order valence-corrected chi connectivity index (χ0v) is 2.10. The Morgan fingerprint density at radius 2 is 1.20 bits per heavy atom. The maximum absolute atomic E-state index is 7.12. The fraction of sp³-hybridized carbons (Fsp3) is 0. The molecule has 0 aromatic rings. The monoisotopic (exact) mass is 106 g/mol. The summed E-state index contributed by atoms with van der Waals surface area (Å²) in [4.78, 5) is 0. The third-order valence-corrected chi connectivity index (χ3v) is 0. The van der Waals surface area contributed by atoms with Crippen molar-refractivity contribution in [3.63, 3.8) is 0 Å². The average molecular weight is 106 g/mol. The minimum atomic E-state index is -0.750. The zero-order valence-electron chi connectivity index (χ0n) is 2.10. The third kappa shape index (κ3) is 36.8. The molecule has 0 saturated carbocycles. The molecule has 5 heavy (non-hydrogen) atoms. The molecule has 3 nitrogen and oxygen atoms in total. The van der Waals surface area contributed by atoms with E-state index in [1.54, 1.807) is 0 Å². The van der Waals surface area contributed by atoms with Gasteiger partial charge in [0.15, 0.2) is 0 Å². The van der Waals surface area contributed by atoms with Gasteiger partial charge in [0, 0.05) is 0 Å². The summed E-state index contributed by atoms with van der Waals surface area (Å²) in [5.41, 5.74) is 0. The van der Waals surface area contributed by atoms with Gasteiger partial charge in [-0.1, -0.05) is 0 Å². The molecule has 30 valence electrons. The standard InChI is InChI=1S/BH3O2.Ca.H2O.2H/c2-1-3;;;;/h1-3H;;1H2;;. The van der Waals surface area contributed by atoms with Crippen LogP contribution in [0, 0.1) is 0 Å². The molecule has 0 atom stereocenters. The molecule has 5 heteroatoms. The van der Waals surface area contributed by atoms with Crippen molar-refractivity contribution in [2.24, 2.45) is 0 Å². The molecule has 0 rings (SSSR count).